The highest BCUT2D eigenvalue weighted by Gasteiger charge is 2.18. The van der Waals surface area contributed by atoms with Gasteiger partial charge in [0.1, 0.15) is 0 Å². The van der Waals surface area contributed by atoms with Gasteiger partial charge in [-0.1, -0.05) is 45.7 Å². The molecular weight excluding hydrogens is 395 g/mol. The number of benzene rings is 1. The Morgan fingerprint density at radius 3 is 2.67 bits per heavy atom. The van der Waals surface area contributed by atoms with Crippen LogP contribution in [0.2, 0.25) is 5.02 Å². The summed E-state index contributed by atoms with van der Waals surface area (Å²) in [7, 11) is 0. The number of hydrogen-bond donors (Lipinski definition) is 0. The van der Waals surface area contributed by atoms with Gasteiger partial charge >= 0.3 is 0 Å². The van der Waals surface area contributed by atoms with Gasteiger partial charge in [-0.2, -0.15) is 0 Å². The fraction of sp³-hybridized carbons (Fsp3) is 0.286. The molecule has 1 heterocycles. The number of rotatable bonds is 2. The summed E-state index contributed by atoms with van der Waals surface area (Å²) in [6, 6.07) is 8.87. The van der Waals surface area contributed by atoms with Crippen molar-refractivity contribution in [3.05, 3.63) is 54.6 Å². The standard InChI is InChI=1S/C14H11Br2ClS/c15-13(12-7-11(17)14(16)18-12)10-5-4-8-2-1-3-9(8)6-10/h4-7,13H,1-3H2. The molecule has 0 spiro atoms. The maximum absolute atomic E-state index is 6.10. The Labute approximate surface area is 133 Å². The van der Waals surface area contributed by atoms with Crippen molar-refractivity contribution in [1.29, 1.82) is 0 Å². The third kappa shape index (κ3) is 2.43. The Bertz CT molecular complexity index is 572. The minimum absolute atomic E-state index is 0.234. The molecule has 0 N–H and O–H groups in total. The second-order valence-corrected chi connectivity index (χ2v) is 8.24. The normalized spacial score (nSPS) is 15.7. The second kappa shape index (κ2) is 5.28. The monoisotopic (exact) mass is 404 g/mol. The van der Waals surface area contributed by atoms with Crippen LogP contribution >= 0.6 is 54.8 Å². The van der Waals surface area contributed by atoms with Crippen LogP contribution in [0.25, 0.3) is 0 Å². The summed E-state index contributed by atoms with van der Waals surface area (Å²) in [4.78, 5) is 1.47. The molecule has 1 aromatic carbocycles. The molecule has 1 aliphatic carbocycles. The van der Waals surface area contributed by atoms with Crippen LogP contribution in [0.15, 0.2) is 28.1 Å². The largest absolute Gasteiger partial charge is 0.130 e. The van der Waals surface area contributed by atoms with Crippen LogP contribution in [0, 0.1) is 0 Å². The number of hydrogen-bond acceptors (Lipinski definition) is 1. The molecule has 0 fully saturated rings. The zero-order valence-corrected chi connectivity index (χ0v) is 14.3. The summed E-state index contributed by atoms with van der Waals surface area (Å²) >= 11 is 15.0. The Kier molecular flexibility index (Phi) is 3.86. The van der Waals surface area contributed by atoms with Crippen molar-refractivity contribution in [2.45, 2.75) is 24.1 Å². The number of thiophene rings is 1. The average Bonchev–Trinajstić information content (AvgIpc) is 2.95. The quantitative estimate of drug-likeness (QED) is 0.526. The smallest absolute Gasteiger partial charge is 0.0887 e. The van der Waals surface area contributed by atoms with Crippen molar-refractivity contribution in [3.8, 4) is 0 Å². The van der Waals surface area contributed by atoms with Crippen molar-refractivity contribution in [1.82, 2.24) is 0 Å². The fourth-order valence-corrected chi connectivity index (χ4v) is 4.85. The molecule has 1 unspecified atom stereocenters. The summed E-state index contributed by atoms with van der Waals surface area (Å²) in [6.07, 6.45) is 3.75. The van der Waals surface area contributed by atoms with Crippen molar-refractivity contribution in [2.24, 2.45) is 0 Å². The molecule has 1 aliphatic rings. The van der Waals surface area contributed by atoms with E-state index in [4.69, 9.17) is 11.6 Å². The second-order valence-electron chi connectivity index (χ2n) is 4.51. The van der Waals surface area contributed by atoms with Gasteiger partial charge in [0.25, 0.3) is 0 Å². The zero-order chi connectivity index (χ0) is 12.7. The number of halogens is 3. The molecule has 4 heteroatoms. The van der Waals surface area contributed by atoms with Crippen LogP contribution in [-0.4, -0.2) is 0 Å². The summed E-state index contributed by atoms with van der Waals surface area (Å²) < 4.78 is 1.00. The van der Waals surface area contributed by atoms with Crippen molar-refractivity contribution in [2.75, 3.05) is 0 Å². The van der Waals surface area contributed by atoms with Gasteiger partial charge < -0.3 is 0 Å². The summed E-state index contributed by atoms with van der Waals surface area (Å²) in [6.45, 7) is 0. The van der Waals surface area contributed by atoms with E-state index < -0.39 is 0 Å². The van der Waals surface area contributed by atoms with Gasteiger partial charge in [-0.05, 0) is 57.9 Å². The number of alkyl halides is 1. The average molecular weight is 407 g/mol. The summed E-state index contributed by atoms with van der Waals surface area (Å²) in [5.41, 5.74) is 4.35. The van der Waals surface area contributed by atoms with E-state index in [-0.39, 0.29) is 4.83 Å². The molecule has 94 valence electrons. The maximum Gasteiger partial charge on any atom is 0.0887 e. The van der Waals surface area contributed by atoms with Crippen LogP contribution in [0.3, 0.4) is 0 Å². The highest BCUT2D eigenvalue weighted by Crippen LogP contribution is 2.41. The lowest BCUT2D eigenvalue weighted by Crippen LogP contribution is -1.92. The summed E-state index contributed by atoms with van der Waals surface area (Å²) in [5.74, 6) is 0. The van der Waals surface area contributed by atoms with E-state index in [1.165, 1.54) is 40.8 Å². The van der Waals surface area contributed by atoms with E-state index >= 15 is 0 Å². The molecule has 2 aromatic rings. The Balaban J connectivity index is 1.94. The first-order chi connectivity index (χ1) is 8.65. The van der Waals surface area contributed by atoms with Crippen LogP contribution in [0.5, 0.6) is 0 Å². The lowest BCUT2D eigenvalue weighted by atomic mass is 10.0. The van der Waals surface area contributed by atoms with E-state index in [1.54, 1.807) is 11.3 Å². The Hall–Kier alpha value is 0.170. The van der Waals surface area contributed by atoms with Gasteiger partial charge in [-0.15, -0.1) is 11.3 Å². The van der Waals surface area contributed by atoms with Crippen LogP contribution < -0.4 is 0 Å². The molecule has 0 amide bonds. The highest BCUT2D eigenvalue weighted by molar-refractivity contribution is 9.11. The van der Waals surface area contributed by atoms with Crippen molar-refractivity contribution in [3.63, 3.8) is 0 Å². The molecular formula is C14H11Br2ClS. The van der Waals surface area contributed by atoms with Crippen molar-refractivity contribution < 1.29 is 0 Å². The predicted molar refractivity (Wildman–Crippen MR) is 86.3 cm³/mol. The minimum Gasteiger partial charge on any atom is -0.130 e. The molecule has 0 nitrogen and oxygen atoms in total. The predicted octanol–water partition coefficient (Wildman–Crippen LogP) is 6.14. The van der Waals surface area contributed by atoms with Gasteiger partial charge in [0.2, 0.25) is 0 Å². The topological polar surface area (TPSA) is 0 Å². The van der Waals surface area contributed by atoms with Crippen LogP contribution in [0.1, 0.15) is 32.8 Å². The lowest BCUT2D eigenvalue weighted by molar-refractivity contribution is 0.911. The summed E-state index contributed by atoms with van der Waals surface area (Å²) in [5, 5.41) is 0.792. The molecule has 0 aliphatic heterocycles. The first-order valence-electron chi connectivity index (χ1n) is 5.85. The van der Waals surface area contributed by atoms with Gasteiger partial charge in [-0.25, -0.2) is 0 Å². The van der Waals surface area contributed by atoms with E-state index in [2.05, 4.69) is 50.1 Å². The van der Waals surface area contributed by atoms with Crippen LogP contribution in [-0.2, 0) is 12.8 Å². The van der Waals surface area contributed by atoms with E-state index in [1.807, 2.05) is 6.07 Å². The van der Waals surface area contributed by atoms with E-state index in [0.717, 1.165) is 8.81 Å². The molecule has 3 rings (SSSR count). The molecule has 18 heavy (non-hydrogen) atoms. The first kappa shape index (κ1) is 13.2. The highest BCUT2D eigenvalue weighted by atomic mass is 79.9. The zero-order valence-electron chi connectivity index (χ0n) is 9.55. The molecule has 0 saturated heterocycles. The molecule has 0 radical (unpaired) electrons. The minimum atomic E-state index is 0.234. The molecule has 0 saturated carbocycles. The maximum atomic E-state index is 6.10. The number of fused-ring (bicyclic) bond motifs is 1. The van der Waals surface area contributed by atoms with E-state index in [0.29, 0.717) is 0 Å². The van der Waals surface area contributed by atoms with Crippen LogP contribution in [0.4, 0.5) is 0 Å². The van der Waals surface area contributed by atoms with Crippen molar-refractivity contribution >= 4 is 54.8 Å². The van der Waals surface area contributed by atoms with Gasteiger partial charge in [0.15, 0.2) is 0 Å². The van der Waals surface area contributed by atoms with Gasteiger partial charge in [-0.3, -0.25) is 0 Å². The lowest BCUT2D eigenvalue weighted by Gasteiger charge is -2.10. The van der Waals surface area contributed by atoms with Gasteiger partial charge in [0.05, 0.1) is 13.6 Å². The molecule has 0 bridgehead atoms. The van der Waals surface area contributed by atoms with E-state index in [9.17, 15) is 0 Å². The Morgan fingerprint density at radius 1 is 1.17 bits per heavy atom. The molecule has 1 aromatic heterocycles. The fourth-order valence-electron chi connectivity index (χ4n) is 2.40. The first-order valence-corrected chi connectivity index (χ1v) is 8.76. The SMILES string of the molecule is Clc1cc(C(Br)c2ccc3c(c2)CCC3)sc1Br. The third-order valence-electron chi connectivity index (χ3n) is 3.33. The molecule has 1 atom stereocenters. The Morgan fingerprint density at radius 2 is 1.94 bits per heavy atom. The van der Waals surface area contributed by atoms with Gasteiger partial charge in [0, 0.05) is 4.88 Å². The third-order valence-corrected chi connectivity index (χ3v) is 7.19. The number of aryl methyl sites for hydroxylation is 2.